The molecule has 5 rings (SSSR count). The Morgan fingerprint density at radius 1 is 1.31 bits per heavy atom. The highest BCUT2D eigenvalue weighted by Gasteiger charge is 2.54. The number of aromatic nitrogens is 3. The quantitative estimate of drug-likeness (QED) is 0.123. The molecule has 3 aliphatic rings. The number of carbonyl (C=O) groups is 4. The number of nitrogens with zero attached hydrogens (tertiary/aromatic N) is 6. The maximum absolute atomic E-state index is 12.9. The maximum atomic E-state index is 12.9. The molecule has 14 nitrogen and oxygen atoms in total. The van der Waals surface area contributed by atoms with E-state index in [0.717, 1.165) is 16.2 Å². The zero-order valence-corrected chi connectivity index (χ0v) is 20.5. The van der Waals surface area contributed by atoms with E-state index >= 15 is 0 Å². The number of carbonyl (C=O) groups excluding carboxylic acids is 3. The van der Waals surface area contributed by atoms with Crippen LogP contribution in [0, 0.1) is 0 Å². The summed E-state index contributed by atoms with van der Waals surface area (Å²) < 4.78 is 0. The first-order chi connectivity index (χ1) is 17.3. The van der Waals surface area contributed by atoms with Crippen molar-refractivity contribution in [3.63, 3.8) is 0 Å². The van der Waals surface area contributed by atoms with Crippen LogP contribution >= 0.6 is 34.4 Å². The monoisotopic (exact) mass is 548 g/mol. The summed E-state index contributed by atoms with van der Waals surface area (Å²) in [6, 6.07) is -1.04. The van der Waals surface area contributed by atoms with E-state index in [0.29, 0.717) is 29.2 Å². The van der Waals surface area contributed by atoms with Crippen LogP contribution in [0.4, 0.5) is 10.3 Å². The minimum atomic E-state index is -1.33. The number of nitrogen functional groups attached to an aromatic ring is 1. The molecule has 17 heteroatoms. The van der Waals surface area contributed by atoms with Crippen LogP contribution in [0.2, 0.25) is 0 Å². The first kappa shape index (κ1) is 23.9. The molecule has 0 unspecified atom stereocenters. The van der Waals surface area contributed by atoms with Crippen molar-refractivity contribution < 1.29 is 29.5 Å². The van der Waals surface area contributed by atoms with E-state index in [1.807, 2.05) is 0 Å². The van der Waals surface area contributed by atoms with E-state index in [1.165, 1.54) is 45.0 Å². The average molecular weight is 549 g/mol. The van der Waals surface area contributed by atoms with Crippen molar-refractivity contribution in [3.05, 3.63) is 39.5 Å². The number of allylic oxidation sites excluding steroid dienone is 1. The fourth-order valence-corrected chi connectivity index (χ4v) is 6.44. The van der Waals surface area contributed by atoms with Gasteiger partial charge in [0.2, 0.25) is 5.13 Å². The van der Waals surface area contributed by atoms with Crippen molar-refractivity contribution in [3.8, 4) is 0 Å². The number of carboxylic acid groups (broad SMARTS) is 1. The van der Waals surface area contributed by atoms with Crippen LogP contribution in [0.5, 0.6) is 0 Å². The van der Waals surface area contributed by atoms with Gasteiger partial charge in [-0.05, 0) is 18.1 Å². The Morgan fingerprint density at radius 3 is 2.75 bits per heavy atom. The third-order valence-corrected chi connectivity index (χ3v) is 8.31. The van der Waals surface area contributed by atoms with Crippen molar-refractivity contribution in [2.75, 3.05) is 22.9 Å². The van der Waals surface area contributed by atoms with Gasteiger partial charge in [0.05, 0.1) is 0 Å². The van der Waals surface area contributed by atoms with Gasteiger partial charge >= 0.3 is 5.97 Å². The topological polar surface area (TPSA) is 204 Å². The highest BCUT2D eigenvalue weighted by atomic mass is 32.2. The van der Waals surface area contributed by atoms with Crippen molar-refractivity contribution in [1.82, 2.24) is 25.4 Å². The number of rotatable bonds is 6. The highest BCUT2D eigenvalue weighted by molar-refractivity contribution is 8.00. The average Bonchev–Trinajstić information content (AvgIpc) is 3.60. The number of hydrogen-bond donors (Lipinski definition) is 4. The molecule has 5 heterocycles. The summed E-state index contributed by atoms with van der Waals surface area (Å²) in [5.74, 6) is -2.93. The normalized spacial score (nSPS) is 23.2. The lowest BCUT2D eigenvalue weighted by molar-refractivity contribution is -0.150. The second-order valence-corrected chi connectivity index (χ2v) is 10.5. The number of fused-ring (bicyclic) bond motifs is 1. The third-order valence-electron chi connectivity index (χ3n) is 5.62. The van der Waals surface area contributed by atoms with Crippen LogP contribution in [0.15, 0.2) is 39.0 Å². The molecule has 2 aromatic heterocycles. The fraction of sp³-hybridized carbons (Fsp3) is 0.263. The van der Waals surface area contributed by atoms with Gasteiger partial charge in [-0.1, -0.05) is 16.5 Å². The zero-order chi connectivity index (χ0) is 25.6. The largest absolute Gasteiger partial charge is 0.477 e. The molecule has 0 aromatic carbocycles. The van der Waals surface area contributed by atoms with Gasteiger partial charge in [0.1, 0.15) is 28.3 Å². The Labute approximate surface area is 214 Å². The number of β-lactam (4-membered cyclic amide) rings is 1. The van der Waals surface area contributed by atoms with Gasteiger partial charge in [-0.15, -0.1) is 33.3 Å². The summed E-state index contributed by atoms with van der Waals surface area (Å²) in [5.41, 5.74) is 7.17. The first-order valence-corrected chi connectivity index (χ1v) is 13.0. The van der Waals surface area contributed by atoms with Gasteiger partial charge in [0.15, 0.2) is 10.8 Å². The van der Waals surface area contributed by atoms with Crippen LogP contribution in [0.3, 0.4) is 0 Å². The zero-order valence-electron chi connectivity index (χ0n) is 18.0. The Bertz CT molecular complexity index is 1370. The van der Waals surface area contributed by atoms with Gasteiger partial charge in [0, 0.05) is 23.3 Å². The molecule has 5 N–H and O–H groups in total. The number of carboxylic acids is 1. The minimum absolute atomic E-state index is 0.0428. The lowest BCUT2D eigenvalue weighted by atomic mass is 10.0. The number of oxime groups is 1. The molecule has 0 aliphatic carbocycles. The van der Waals surface area contributed by atoms with Crippen molar-refractivity contribution in [1.29, 1.82) is 0 Å². The first-order valence-electron chi connectivity index (χ1n) is 10.2. The number of thiazole rings is 1. The van der Waals surface area contributed by atoms with Gasteiger partial charge in [0.25, 0.3) is 17.7 Å². The number of nitrogens with one attached hydrogen (secondary N) is 1. The van der Waals surface area contributed by atoms with Crippen molar-refractivity contribution in [2.45, 2.75) is 17.8 Å². The van der Waals surface area contributed by atoms with Crippen LogP contribution in [-0.4, -0.2) is 83.5 Å². The summed E-state index contributed by atoms with van der Waals surface area (Å²) in [4.78, 5) is 56.9. The molecule has 2 aromatic rings. The number of aliphatic carboxylic acids is 1. The van der Waals surface area contributed by atoms with Crippen molar-refractivity contribution in [2.24, 2.45) is 5.16 Å². The Morgan fingerprint density at radius 2 is 2.11 bits per heavy atom. The molecule has 186 valence electrons. The molecule has 2 saturated heterocycles. The summed E-state index contributed by atoms with van der Waals surface area (Å²) in [6.45, 7) is 0.390. The summed E-state index contributed by atoms with van der Waals surface area (Å²) in [6.07, 6.45) is 1.90. The predicted molar refractivity (Wildman–Crippen MR) is 129 cm³/mol. The van der Waals surface area contributed by atoms with Crippen LogP contribution in [0.25, 0.3) is 0 Å². The van der Waals surface area contributed by atoms with Gasteiger partial charge < -0.3 is 21.4 Å². The highest BCUT2D eigenvalue weighted by Crippen LogP contribution is 2.41. The van der Waals surface area contributed by atoms with Gasteiger partial charge in [-0.2, -0.15) is 0 Å². The standard InChI is InChI=1S/C19H16N8O6S3/c20-18-22-9(5-35-18)10(25-33)13(28)23-11-15(30)27-12(17(31)32)8(4-34-16(11)27)3-7-1-2-26(14(7)29)19-24-21-6-36-19/h3,5-6,11,16,33H,1-2,4H2,(H2,20,22)(H,23,28)(H,31,32)/t11-,16-/m1/s1. The number of anilines is 2. The Hall–Kier alpha value is -3.83. The molecule has 36 heavy (non-hydrogen) atoms. The number of hydrogen-bond acceptors (Lipinski definition) is 13. The number of thioether (sulfide) groups is 1. The molecule has 0 saturated carbocycles. The van der Waals surface area contributed by atoms with E-state index in [4.69, 9.17) is 5.73 Å². The summed E-state index contributed by atoms with van der Waals surface area (Å²) in [7, 11) is 0. The fourth-order valence-electron chi connectivity index (χ4n) is 4.00. The molecule has 2 fully saturated rings. The predicted octanol–water partition coefficient (Wildman–Crippen LogP) is -0.143. The second kappa shape index (κ2) is 9.32. The smallest absolute Gasteiger partial charge is 0.352 e. The molecule has 0 spiro atoms. The number of amides is 3. The molecule has 0 radical (unpaired) electrons. The lowest BCUT2D eigenvalue weighted by Crippen LogP contribution is -2.71. The Kier molecular flexibility index (Phi) is 6.19. The number of nitrogens with two attached hydrogens (primary N) is 1. The summed E-state index contributed by atoms with van der Waals surface area (Å²) >= 11 is 3.51. The van der Waals surface area contributed by atoms with Gasteiger partial charge in [-0.25, -0.2) is 9.78 Å². The molecule has 2 atom stereocenters. The van der Waals surface area contributed by atoms with Crippen LogP contribution in [0.1, 0.15) is 12.1 Å². The third kappa shape index (κ3) is 3.99. The van der Waals surface area contributed by atoms with Crippen LogP contribution in [-0.2, 0) is 19.2 Å². The van der Waals surface area contributed by atoms with E-state index in [1.54, 1.807) is 0 Å². The van der Waals surface area contributed by atoms with E-state index in [-0.39, 0.29) is 28.2 Å². The maximum Gasteiger partial charge on any atom is 0.352 e. The van der Waals surface area contributed by atoms with E-state index < -0.39 is 34.9 Å². The van der Waals surface area contributed by atoms with Crippen molar-refractivity contribution >= 4 is 74.1 Å². The molecule has 0 bridgehead atoms. The van der Waals surface area contributed by atoms with E-state index in [2.05, 4.69) is 25.7 Å². The van der Waals surface area contributed by atoms with Gasteiger partial charge in [-0.3, -0.25) is 24.2 Å². The molecular weight excluding hydrogens is 532 g/mol. The molecule has 3 amide bonds. The second-order valence-electron chi connectivity index (χ2n) is 7.66. The minimum Gasteiger partial charge on any atom is -0.477 e. The SMILES string of the molecule is Nc1nc(C(=NO)C(=O)N[C@@H]2C(=O)N3C(C(=O)O)=C(C=C4CCN(c5nncs5)C4=O)CS[C@H]23)cs1. The van der Waals surface area contributed by atoms with E-state index in [9.17, 15) is 29.5 Å². The van der Waals surface area contributed by atoms with Crippen LogP contribution < -0.4 is 16.0 Å². The lowest BCUT2D eigenvalue weighted by Gasteiger charge is -2.49. The molecular formula is C19H16N8O6S3. The molecule has 3 aliphatic heterocycles. The summed E-state index contributed by atoms with van der Waals surface area (Å²) in [5, 5.41) is 33.6. The Balaban J connectivity index is 1.35.